The first kappa shape index (κ1) is 13.7. The molecule has 0 radical (unpaired) electrons. The lowest BCUT2D eigenvalue weighted by molar-refractivity contribution is 0.132. The van der Waals surface area contributed by atoms with Gasteiger partial charge >= 0.3 is 0 Å². The molecule has 0 aromatic heterocycles. The van der Waals surface area contributed by atoms with Crippen molar-refractivity contribution in [2.75, 3.05) is 18.9 Å². The maximum absolute atomic E-state index is 9.47. The van der Waals surface area contributed by atoms with E-state index in [9.17, 15) is 5.11 Å². The highest BCUT2D eigenvalue weighted by Crippen LogP contribution is 2.36. The first-order valence-electron chi connectivity index (χ1n) is 6.89. The van der Waals surface area contributed by atoms with E-state index in [4.69, 9.17) is 5.73 Å². The lowest BCUT2D eigenvalue weighted by Gasteiger charge is -2.39. The lowest BCUT2D eigenvalue weighted by atomic mass is 9.82. The third-order valence-electron chi connectivity index (χ3n) is 4.35. The third kappa shape index (κ3) is 3.16. The molecule has 100 valence electrons. The smallest absolute Gasteiger partial charge is 0.0474 e. The summed E-state index contributed by atoms with van der Waals surface area (Å²) in [6.07, 6.45) is 6.09. The number of nitrogens with one attached hydrogen (secondary N) is 1. The maximum atomic E-state index is 9.47. The Kier molecular flexibility index (Phi) is 4.75. The molecule has 4 heteroatoms. The molecule has 0 aromatic carbocycles. The van der Waals surface area contributed by atoms with Gasteiger partial charge < -0.3 is 16.2 Å². The predicted octanol–water partition coefficient (Wildman–Crippen LogP) is 1.35. The first-order valence-corrected chi connectivity index (χ1v) is 7.94. The zero-order valence-electron chi connectivity index (χ0n) is 10.8. The summed E-state index contributed by atoms with van der Waals surface area (Å²) in [5.41, 5.74) is 6.12. The summed E-state index contributed by atoms with van der Waals surface area (Å²) in [6.45, 7) is 3.33. The minimum Gasteiger partial charge on any atom is -0.396 e. The molecule has 0 amide bonds. The number of rotatable bonds is 4. The summed E-state index contributed by atoms with van der Waals surface area (Å²) in [4.78, 5) is 0. The van der Waals surface area contributed by atoms with Crippen LogP contribution < -0.4 is 11.1 Å². The third-order valence-corrected chi connectivity index (χ3v) is 5.80. The van der Waals surface area contributed by atoms with Crippen LogP contribution in [0.25, 0.3) is 0 Å². The van der Waals surface area contributed by atoms with Gasteiger partial charge in [-0.05, 0) is 25.2 Å². The van der Waals surface area contributed by atoms with Crippen LogP contribution in [0.15, 0.2) is 0 Å². The van der Waals surface area contributed by atoms with E-state index in [1.165, 1.54) is 25.7 Å². The van der Waals surface area contributed by atoms with Crippen molar-refractivity contribution in [3.05, 3.63) is 0 Å². The molecule has 1 saturated heterocycles. The summed E-state index contributed by atoms with van der Waals surface area (Å²) in [5, 5.41) is 14.0. The van der Waals surface area contributed by atoms with E-state index < -0.39 is 0 Å². The van der Waals surface area contributed by atoms with Gasteiger partial charge in [0.1, 0.15) is 0 Å². The number of aliphatic hydroxyl groups is 1. The van der Waals surface area contributed by atoms with Gasteiger partial charge in [-0.1, -0.05) is 19.8 Å². The molecule has 4 atom stereocenters. The molecule has 4 unspecified atom stereocenters. The quantitative estimate of drug-likeness (QED) is 0.712. The van der Waals surface area contributed by atoms with Crippen molar-refractivity contribution < 1.29 is 5.11 Å². The van der Waals surface area contributed by atoms with Gasteiger partial charge in [0, 0.05) is 35.7 Å². The Morgan fingerprint density at radius 3 is 2.76 bits per heavy atom. The van der Waals surface area contributed by atoms with Crippen molar-refractivity contribution in [2.24, 2.45) is 11.7 Å². The lowest BCUT2D eigenvalue weighted by Crippen LogP contribution is -2.58. The van der Waals surface area contributed by atoms with Gasteiger partial charge in [-0.25, -0.2) is 0 Å². The average Bonchev–Trinajstić information content (AvgIpc) is 2.72. The minimum atomic E-state index is 0.125. The van der Waals surface area contributed by atoms with Crippen LogP contribution in [0, 0.1) is 5.92 Å². The second-order valence-electron chi connectivity index (χ2n) is 5.79. The molecule has 17 heavy (non-hydrogen) atoms. The highest BCUT2D eigenvalue weighted by atomic mass is 32.2. The molecule has 1 aliphatic carbocycles. The Balaban J connectivity index is 1.97. The van der Waals surface area contributed by atoms with E-state index in [2.05, 4.69) is 12.2 Å². The van der Waals surface area contributed by atoms with Gasteiger partial charge in [-0.2, -0.15) is 11.8 Å². The molecular formula is C13H26N2OS. The number of hydrogen-bond acceptors (Lipinski definition) is 4. The summed E-state index contributed by atoms with van der Waals surface area (Å²) in [5.74, 6) is 1.56. The molecule has 4 N–H and O–H groups in total. The zero-order valence-corrected chi connectivity index (χ0v) is 11.6. The van der Waals surface area contributed by atoms with E-state index in [0.29, 0.717) is 23.8 Å². The van der Waals surface area contributed by atoms with Gasteiger partial charge in [0.15, 0.2) is 0 Å². The number of nitrogens with two attached hydrogens (primary N) is 1. The van der Waals surface area contributed by atoms with Crippen LogP contribution in [0.5, 0.6) is 0 Å². The molecule has 0 aromatic rings. The van der Waals surface area contributed by atoms with Crippen molar-refractivity contribution in [3.8, 4) is 0 Å². The van der Waals surface area contributed by atoms with Crippen LogP contribution in [-0.2, 0) is 0 Å². The predicted molar refractivity (Wildman–Crippen MR) is 74.3 cm³/mol. The number of thioether (sulfide) groups is 1. The molecular weight excluding hydrogens is 232 g/mol. The molecule has 1 aliphatic heterocycles. The van der Waals surface area contributed by atoms with Crippen LogP contribution in [0.2, 0.25) is 0 Å². The molecule has 1 heterocycles. The van der Waals surface area contributed by atoms with E-state index in [1.807, 2.05) is 11.8 Å². The average molecular weight is 258 g/mol. The van der Waals surface area contributed by atoms with E-state index >= 15 is 0 Å². The van der Waals surface area contributed by atoms with Crippen molar-refractivity contribution in [2.45, 2.75) is 55.9 Å². The Bertz CT molecular complexity index is 252. The van der Waals surface area contributed by atoms with Crippen LogP contribution in [0.4, 0.5) is 0 Å². The second kappa shape index (κ2) is 5.91. The van der Waals surface area contributed by atoms with Crippen LogP contribution in [0.1, 0.15) is 39.0 Å². The van der Waals surface area contributed by atoms with Crippen LogP contribution in [-0.4, -0.2) is 40.8 Å². The topological polar surface area (TPSA) is 58.3 Å². The van der Waals surface area contributed by atoms with Crippen LogP contribution >= 0.6 is 11.8 Å². The van der Waals surface area contributed by atoms with Crippen molar-refractivity contribution in [3.63, 3.8) is 0 Å². The number of aliphatic hydroxyl groups excluding tert-OH is 1. The van der Waals surface area contributed by atoms with Crippen LogP contribution in [0.3, 0.4) is 0 Å². The Hall–Kier alpha value is 0.230. The Morgan fingerprint density at radius 1 is 1.41 bits per heavy atom. The standard InChI is InChI=1S/C13H26N2OS/c1-10-6-13(8-14,9-17-10)15-12-5-3-2-4-11(12)7-16/h10-12,15-16H,2-9,14H2,1H3. The summed E-state index contributed by atoms with van der Waals surface area (Å²) in [6, 6.07) is 0.475. The maximum Gasteiger partial charge on any atom is 0.0474 e. The monoisotopic (exact) mass is 258 g/mol. The first-order chi connectivity index (χ1) is 8.19. The highest BCUT2D eigenvalue weighted by Gasteiger charge is 2.40. The fraction of sp³-hybridized carbons (Fsp3) is 1.00. The summed E-state index contributed by atoms with van der Waals surface area (Å²) in [7, 11) is 0. The molecule has 2 aliphatic rings. The summed E-state index contributed by atoms with van der Waals surface area (Å²) >= 11 is 2.02. The van der Waals surface area contributed by atoms with Crippen molar-refractivity contribution in [1.29, 1.82) is 0 Å². The largest absolute Gasteiger partial charge is 0.396 e. The van der Waals surface area contributed by atoms with Gasteiger partial charge in [0.2, 0.25) is 0 Å². The molecule has 3 nitrogen and oxygen atoms in total. The van der Waals surface area contributed by atoms with E-state index in [0.717, 1.165) is 18.7 Å². The highest BCUT2D eigenvalue weighted by molar-refractivity contribution is 8.00. The fourth-order valence-corrected chi connectivity index (χ4v) is 4.64. The van der Waals surface area contributed by atoms with E-state index in [1.54, 1.807) is 0 Å². The number of hydrogen-bond donors (Lipinski definition) is 3. The van der Waals surface area contributed by atoms with Gasteiger partial charge in [0.05, 0.1) is 0 Å². The normalized spacial score (nSPS) is 42.9. The molecule has 2 rings (SSSR count). The molecule has 1 saturated carbocycles. The molecule has 0 spiro atoms. The SMILES string of the molecule is CC1CC(CN)(NC2CCCCC2CO)CS1. The summed E-state index contributed by atoms with van der Waals surface area (Å²) < 4.78 is 0. The second-order valence-corrected chi connectivity index (χ2v) is 7.21. The van der Waals surface area contributed by atoms with Crippen molar-refractivity contribution in [1.82, 2.24) is 5.32 Å². The molecule has 2 fully saturated rings. The Labute approximate surface area is 109 Å². The fourth-order valence-electron chi connectivity index (χ4n) is 3.28. The Morgan fingerprint density at radius 2 is 2.18 bits per heavy atom. The minimum absolute atomic E-state index is 0.125. The van der Waals surface area contributed by atoms with Gasteiger partial charge in [0.25, 0.3) is 0 Å². The van der Waals surface area contributed by atoms with Gasteiger partial charge in [-0.15, -0.1) is 0 Å². The van der Waals surface area contributed by atoms with E-state index in [-0.39, 0.29) is 5.54 Å². The van der Waals surface area contributed by atoms with Crippen molar-refractivity contribution >= 4 is 11.8 Å². The van der Waals surface area contributed by atoms with Gasteiger partial charge in [-0.3, -0.25) is 0 Å². The molecule has 0 bridgehead atoms. The zero-order chi connectivity index (χ0) is 12.3.